The van der Waals surface area contributed by atoms with Crippen molar-refractivity contribution in [2.24, 2.45) is 5.73 Å². The van der Waals surface area contributed by atoms with Crippen molar-refractivity contribution in [1.29, 1.82) is 0 Å². The van der Waals surface area contributed by atoms with Crippen LogP contribution in [0, 0.1) is 0 Å². The van der Waals surface area contributed by atoms with Crippen molar-refractivity contribution in [3.63, 3.8) is 0 Å². The summed E-state index contributed by atoms with van der Waals surface area (Å²) < 4.78 is 39.6. The fourth-order valence-corrected chi connectivity index (χ4v) is 0.980. The molecule has 0 aromatic carbocycles. The smallest absolute Gasteiger partial charge is 0.410 e. The van der Waals surface area contributed by atoms with Crippen molar-refractivity contribution in [1.82, 2.24) is 0 Å². The van der Waals surface area contributed by atoms with Gasteiger partial charge in [-0.05, 0) is 6.92 Å². The monoisotopic (exact) mass is 237 g/mol. The lowest BCUT2D eigenvalue weighted by molar-refractivity contribution is -0.306. The predicted octanol–water partition coefficient (Wildman–Crippen LogP) is 3.52. The van der Waals surface area contributed by atoms with E-state index in [0.717, 1.165) is 0 Å². The van der Waals surface area contributed by atoms with Crippen LogP contribution in [0.25, 0.3) is 0 Å². The van der Waals surface area contributed by atoms with Gasteiger partial charge in [-0.1, -0.05) is 19.1 Å². The summed E-state index contributed by atoms with van der Waals surface area (Å²) in [5.41, 5.74) is 5.67. The summed E-state index contributed by atoms with van der Waals surface area (Å²) >= 11 is 0. The second-order valence-corrected chi connectivity index (χ2v) is 2.55. The average Bonchev–Trinajstić information content (AvgIpc) is 2.24. The van der Waals surface area contributed by atoms with E-state index >= 15 is 0 Å². The summed E-state index contributed by atoms with van der Waals surface area (Å²) in [4.78, 5) is 0. The van der Waals surface area contributed by atoms with Crippen LogP contribution in [0.1, 0.15) is 20.3 Å². The third-order valence-corrected chi connectivity index (χ3v) is 1.51. The quantitative estimate of drug-likeness (QED) is 0.461. The van der Waals surface area contributed by atoms with E-state index < -0.39 is 6.36 Å². The van der Waals surface area contributed by atoms with Gasteiger partial charge >= 0.3 is 6.36 Å². The van der Waals surface area contributed by atoms with Crippen molar-refractivity contribution >= 4 is 0 Å². The zero-order chi connectivity index (χ0) is 13.2. The lowest BCUT2D eigenvalue weighted by Gasteiger charge is -2.13. The van der Waals surface area contributed by atoms with Crippen molar-refractivity contribution < 1.29 is 17.9 Å². The first-order chi connectivity index (χ1) is 7.44. The molecule has 0 bridgehead atoms. The van der Waals surface area contributed by atoms with Gasteiger partial charge in [0.25, 0.3) is 0 Å². The molecule has 16 heavy (non-hydrogen) atoms. The minimum absolute atomic E-state index is 0.0313. The normalized spacial score (nSPS) is 12.9. The van der Waals surface area contributed by atoms with Gasteiger partial charge in [-0.2, -0.15) is 0 Å². The molecule has 0 atom stereocenters. The number of allylic oxidation sites excluding steroid dienone is 2. The van der Waals surface area contributed by atoms with Gasteiger partial charge in [0.05, 0.1) is 0 Å². The Labute approximate surface area is 94.3 Å². The van der Waals surface area contributed by atoms with Crippen molar-refractivity contribution in [2.75, 3.05) is 6.54 Å². The van der Waals surface area contributed by atoms with Gasteiger partial charge in [-0.15, -0.1) is 26.3 Å². The minimum atomic E-state index is -4.65. The molecule has 0 aliphatic rings. The molecule has 94 valence electrons. The van der Waals surface area contributed by atoms with E-state index in [9.17, 15) is 13.2 Å². The standard InChI is InChI=1S/C9H14F3NO.C2H4/c1-3-5-7(6-13)8(4-2)14-9(10,11)12;1-2/h3,5H,4,6,13H2,1-2H3;1-2H2/b5-3-,8-7-;. The maximum Gasteiger partial charge on any atom is 0.572 e. The highest BCUT2D eigenvalue weighted by molar-refractivity contribution is 5.23. The Kier molecular flexibility index (Phi) is 9.69. The number of nitrogens with two attached hydrogens (primary N) is 1. The summed E-state index contributed by atoms with van der Waals surface area (Å²) in [6, 6.07) is 0. The van der Waals surface area contributed by atoms with E-state index in [1.807, 2.05) is 0 Å². The van der Waals surface area contributed by atoms with Crippen molar-refractivity contribution in [2.45, 2.75) is 26.6 Å². The van der Waals surface area contributed by atoms with Crippen LogP contribution in [-0.4, -0.2) is 12.9 Å². The molecule has 0 aromatic rings. The number of hydrogen-bond acceptors (Lipinski definition) is 2. The molecular formula is C11H18F3NO. The molecule has 0 unspecified atom stereocenters. The van der Waals surface area contributed by atoms with Crippen LogP contribution >= 0.6 is 0 Å². The molecule has 0 fully saturated rings. The highest BCUT2D eigenvalue weighted by atomic mass is 19.4. The largest absolute Gasteiger partial charge is 0.572 e. The summed E-state index contributed by atoms with van der Waals surface area (Å²) in [5, 5.41) is 0. The van der Waals surface area contributed by atoms with Gasteiger partial charge < -0.3 is 10.5 Å². The molecule has 0 aromatic heterocycles. The van der Waals surface area contributed by atoms with Gasteiger partial charge in [-0.3, -0.25) is 0 Å². The van der Waals surface area contributed by atoms with E-state index in [2.05, 4.69) is 17.9 Å². The molecular weight excluding hydrogens is 219 g/mol. The van der Waals surface area contributed by atoms with Gasteiger partial charge in [0.2, 0.25) is 0 Å². The molecule has 5 heteroatoms. The summed E-state index contributed by atoms with van der Waals surface area (Å²) in [5.74, 6) is -0.127. The number of ether oxygens (including phenoxy) is 1. The fourth-order valence-electron chi connectivity index (χ4n) is 0.980. The van der Waals surface area contributed by atoms with Crippen LogP contribution in [0.4, 0.5) is 13.2 Å². The first-order valence-electron chi connectivity index (χ1n) is 4.75. The predicted molar refractivity (Wildman–Crippen MR) is 59.6 cm³/mol. The van der Waals surface area contributed by atoms with Gasteiger partial charge in [0.1, 0.15) is 5.76 Å². The molecule has 0 spiro atoms. The average molecular weight is 237 g/mol. The molecule has 0 amide bonds. The Balaban J connectivity index is 0. The number of halogens is 3. The Morgan fingerprint density at radius 3 is 2.12 bits per heavy atom. The molecule has 0 rings (SSSR count). The van der Waals surface area contributed by atoms with Crippen LogP contribution < -0.4 is 5.73 Å². The molecule has 0 radical (unpaired) electrons. The number of rotatable bonds is 4. The zero-order valence-corrected chi connectivity index (χ0v) is 9.60. The van der Waals surface area contributed by atoms with E-state index in [0.29, 0.717) is 5.57 Å². The SMILES string of the molecule is C/C=C\C(CN)=C(/CC)OC(F)(F)F.C=C. The van der Waals surface area contributed by atoms with Gasteiger partial charge in [-0.25, -0.2) is 0 Å². The maximum absolute atomic E-state index is 11.9. The number of alkyl halides is 3. The van der Waals surface area contributed by atoms with Crippen LogP contribution in [0.15, 0.2) is 36.6 Å². The number of hydrogen-bond donors (Lipinski definition) is 1. The lowest BCUT2D eigenvalue weighted by atomic mass is 10.2. The Hall–Kier alpha value is -1.23. The maximum atomic E-state index is 11.9. The molecule has 2 N–H and O–H groups in total. The van der Waals surface area contributed by atoms with Gasteiger partial charge in [0.15, 0.2) is 0 Å². The molecule has 0 aliphatic heterocycles. The zero-order valence-electron chi connectivity index (χ0n) is 9.60. The van der Waals surface area contributed by atoms with Crippen molar-refractivity contribution in [3.05, 3.63) is 36.6 Å². The van der Waals surface area contributed by atoms with Crippen LogP contribution in [0.3, 0.4) is 0 Å². The van der Waals surface area contributed by atoms with Crippen LogP contribution in [0.2, 0.25) is 0 Å². The Morgan fingerprint density at radius 2 is 1.88 bits per heavy atom. The molecule has 0 saturated carbocycles. The van der Waals surface area contributed by atoms with E-state index in [-0.39, 0.29) is 18.7 Å². The Morgan fingerprint density at radius 1 is 1.38 bits per heavy atom. The van der Waals surface area contributed by atoms with Crippen LogP contribution in [-0.2, 0) is 4.74 Å². The first kappa shape index (κ1) is 17.2. The lowest BCUT2D eigenvalue weighted by Crippen LogP contribution is -2.16. The minimum Gasteiger partial charge on any atom is -0.410 e. The summed E-state index contributed by atoms with van der Waals surface area (Å²) in [6.07, 6.45) is -1.34. The van der Waals surface area contributed by atoms with E-state index in [4.69, 9.17) is 5.73 Å². The molecule has 0 saturated heterocycles. The summed E-state index contributed by atoms with van der Waals surface area (Å²) in [6.45, 7) is 9.32. The third-order valence-electron chi connectivity index (χ3n) is 1.51. The fraction of sp³-hybridized carbons (Fsp3) is 0.455. The summed E-state index contributed by atoms with van der Waals surface area (Å²) in [7, 11) is 0. The second kappa shape index (κ2) is 9.03. The molecule has 0 heterocycles. The first-order valence-corrected chi connectivity index (χ1v) is 4.75. The third kappa shape index (κ3) is 8.11. The molecule has 2 nitrogen and oxygen atoms in total. The highest BCUT2D eigenvalue weighted by Gasteiger charge is 2.32. The second-order valence-electron chi connectivity index (χ2n) is 2.55. The van der Waals surface area contributed by atoms with Gasteiger partial charge in [0, 0.05) is 18.5 Å². The van der Waals surface area contributed by atoms with E-state index in [1.165, 1.54) is 6.08 Å². The van der Waals surface area contributed by atoms with Crippen molar-refractivity contribution in [3.8, 4) is 0 Å². The topological polar surface area (TPSA) is 35.2 Å². The van der Waals surface area contributed by atoms with E-state index in [1.54, 1.807) is 19.9 Å². The van der Waals surface area contributed by atoms with Crippen LogP contribution in [0.5, 0.6) is 0 Å². The molecule has 0 aliphatic carbocycles. The highest BCUT2D eigenvalue weighted by Crippen LogP contribution is 2.24. The Bertz CT molecular complexity index is 244.